The van der Waals surface area contributed by atoms with Crippen LogP contribution in [0, 0.1) is 0 Å². The fourth-order valence-corrected chi connectivity index (χ4v) is 57.1. The van der Waals surface area contributed by atoms with Gasteiger partial charge in [-0.05, 0) is 131 Å². The Morgan fingerprint density at radius 3 is 1.71 bits per heavy atom. The van der Waals surface area contributed by atoms with E-state index in [1.54, 1.807) is 0 Å². The first kappa shape index (κ1) is 39.7. The van der Waals surface area contributed by atoms with Gasteiger partial charge in [-0.25, -0.2) is 4.79 Å². The molecule has 3 heterocycles. The second-order valence-electron chi connectivity index (χ2n) is 17.8. The average Bonchev–Trinajstić information content (AvgIpc) is 2.84. The molecule has 3 aliphatic rings. The van der Waals surface area contributed by atoms with Crippen molar-refractivity contribution in [1.82, 2.24) is 0 Å². The molecule has 0 spiro atoms. The van der Waals surface area contributed by atoms with E-state index in [0.29, 0.717) is 12.2 Å². The highest BCUT2D eigenvalue weighted by molar-refractivity contribution is 7.58. The molecule has 0 radical (unpaired) electrons. The lowest BCUT2D eigenvalue weighted by molar-refractivity contribution is -0.141. The number of carbonyl (C=O) groups excluding carboxylic acids is 1. The minimum Gasteiger partial charge on any atom is -0.464 e. The van der Waals surface area contributed by atoms with Gasteiger partial charge >= 0.3 is 5.97 Å². The molecule has 0 aromatic rings. The molecule has 4 atom stereocenters. The van der Waals surface area contributed by atoms with E-state index in [9.17, 15) is 4.79 Å². The van der Waals surface area contributed by atoms with Crippen molar-refractivity contribution in [3.63, 3.8) is 0 Å². The predicted octanol–water partition coefficient (Wildman–Crippen LogP) is 8.37. The molecular formula is C32H68O7Si6. The van der Waals surface area contributed by atoms with E-state index >= 15 is 0 Å². The van der Waals surface area contributed by atoms with Crippen LogP contribution in [0.1, 0.15) is 86.5 Å². The van der Waals surface area contributed by atoms with E-state index in [1.165, 1.54) is 12.8 Å². The van der Waals surface area contributed by atoms with E-state index in [4.69, 9.17) is 26.9 Å². The molecule has 4 unspecified atom stereocenters. The lowest BCUT2D eigenvalue weighted by Crippen LogP contribution is -2.76. The predicted molar refractivity (Wildman–Crippen MR) is 201 cm³/mol. The third-order valence-corrected chi connectivity index (χ3v) is 48.1. The average molecular weight is 733 g/mol. The number of rotatable bonds is 12. The summed E-state index contributed by atoms with van der Waals surface area (Å²) in [4.78, 5) is 14.2. The smallest absolute Gasteiger partial charge is 0.333 e. The molecule has 0 bridgehead atoms. The molecule has 45 heavy (non-hydrogen) atoms. The van der Waals surface area contributed by atoms with Gasteiger partial charge in [-0.3, -0.25) is 0 Å². The zero-order valence-electron chi connectivity index (χ0n) is 31.4. The maximum Gasteiger partial charge on any atom is 0.333 e. The second-order valence-corrected chi connectivity index (χ2v) is 51.3. The molecule has 0 saturated carbocycles. The summed E-state index contributed by atoms with van der Waals surface area (Å²) in [6.45, 7) is 32.0. The highest BCUT2D eigenvalue weighted by Crippen LogP contribution is 2.44. The van der Waals surface area contributed by atoms with Crippen LogP contribution in [0.2, 0.25) is 70.5 Å². The Labute approximate surface area is 282 Å². The van der Waals surface area contributed by atoms with Crippen LogP contribution in [0.4, 0.5) is 0 Å². The van der Waals surface area contributed by atoms with Gasteiger partial charge in [0.15, 0.2) is 38.2 Å². The molecule has 3 saturated heterocycles. The molecule has 262 valence electrons. The lowest BCUT2D eigenvalue weighted by atomic mass is 10.0. The Morgan fingerprint density at radius 2 is 1.33 bits per heavy atom. The Kier molecular flexibility index (Phi) is 12.9. The molecule has 0 aromatic heterocycles. The molecular weight excluding hydrogens is 665 g/mol. The molecule has 0 aliphatic carbocycles. The molecule has 3 aliphatic heterocycles. The van der Waals surface area contributed by atoms with Crippen LogP contribution in [-0.4, -0.2) is 83.9 Å². The van der Waals surface area contributed by atoms with Gasteiger partial charge in [0, 0.05) is 12.2 Å². The third-order valence-electron chi connectivity index (χ3n) is 9.71. The topological polar surface area (TPSA) is 72.5 Å². The van der Waals surface area contributed by atoms with Gasteiger partial charge in [0.2, 0.25) is 0 Å². The standard InChI is InChI=1S/C32H68O7Si6/c1-15-28(40(43(13)23-18-20-31(3,4)38-43)44(14)24-19-21-32(5,6)39-44)35-29(33)27(2)26-45(25-17-16-22-34-45)30(36-41(7,8)9)37-42(10,11)12/h26,28,30,40H,15-25H2,1-14H3. The quantitative estimate of drug-likeness (QED) is 0.0865. The first-order valence-electron chi connectivity index (χ1n) is 17.7. The van der Waals surface area contributed by atoms with E-state index in [2.05, 4.69) is 92.7 Å². The number of esters is 1. The van der Waals surface area contributed by atoms with Gasteiger partial charge in [0.1, 0.15) is 7.83 Å². The Balaban J connectivity index is 2.01. The number of carbonyl (C=O) groups is 1. The third kappa shape index (κ3) is 10.9. The summed E-state index contributed by atoms with van der Waals surface area (Å²) in [6, 6.07) is 3.19. The van der Waals surface area contributed by atoms with Crippen molar-refractivity contribution in [3.05, 3.63) is 11.3 Å². The summed E-state index contributed by atoms with van der Waals surface area (Å²) < 4.78 is 41.4. The van der Waals surface area contributed by atoms with Crippen LogP contribution in [-0.2, 0) is 31.7 Å². The fraction of sp³-hybridized carbons (Fsp3) is 0.906. The van der Waals surface area contributed by atoms with E-state index in [0.717, 1.165) is 50.2 Å². The molecule has 3 rings (SSSR count). The van der Waals surface area contributed by atoms with Crippen LogP contribution >= 0.6 is 0 Å². The van der Waals surface area contributed by atoms with E-state index in [1.807, 2.05) is 6.92 Å². The van der Waals surface area contributed by atoms with Crippen molar-refractivity contribution in [2.45, 2.75) is 180 Å². The SMILES string of the molecule is CCC(OC(=O)C(C)=C[Si]1(C(O[Si](C)(C)C)O[Si](C)(C)C)CCCCO1)[SiH]([Si]1(C)CCCC(C)(C)O1)[Si]1(C)CCCC(C)(C)O1. The van der Waals surface area contributed by atoms with Crippen LogP contribution in [0.3, 0.4) is 0 Å². The molecule has 7 nitrogen and oxygen atoms in total. The molecule has 0 aromatic carbocycles. The van der Waals surface area contributed by atoms with Crippen molar-refractivity contribution in [2.75, 3.05) is 6.61 Å². The maximum atomic E-state index is 14.2. The van der Waals surface area contributed by atoms with Crippen molar-refractivity contribution in [3.8, 4) is 0 Å². The number of hydrogen-bond acceptors (Lipinski definition) is 7. The van der Waals surface area contributed by atoms with Crippen molar-refractivity contribution in [2.24, 2.45) is 0 Å². The van der Waals surface area contributed by atoms with Crippen molar-refractivity contribution in [1.29, 1.82) is 0 Å². The van der Waals surface area contributed by atoms with Crippen LogP contribution in [0.25, 0.3) is 0 Å². The van der Waals surface area contributed by atoms with Gasteiger partial charge < -0.3 is 26.9 Å². The second kappa shape index (κ2) is 14.7. The normalized spacial score (nSPS) is 32.6. The first-order valence-corrected chi connectivity index (χ1v) is 36.3. The summed E-state index contributed by atoms with van der Waals surface area (Å²) in [5.74, 6) is -0.614. The minimum absolute atomic E-state index is 0.103. The summed E-state index contributed by atoms with van der Waals surface area (Å²) in [5.41, 5.74) is 2.42. The highest BCUT2D eigenvalue weighted by Gasteiger charge is 2.61. The number of ether oxygens (including phenoxy) is 1. The van der Waals surface area contributed by atoms with Gasteiger partial charge in [-0.1, -0.05) is 31.9 Å². The van der Waals surface area contributed by atoms with Crippen LogP contribution in [0.15, 0.2) is 11.3 Å². The summed E-state index contributed by atoms with van der Waals surface area (Å²) >= 11 is 0. The van der Waals surface area contributed by atoms with Gasteiger partial charge in [-0.2, -0.15) is 0 Å². The Morgan fingerprint density at radius 1 is 0.844 bits per heavy atom. The summed E-state index contributed by atoms with van der Waals surface area (Å²) in [6.07, 6.45) is 7.47. The molecule has 0 amide bonds. The van der Waals surface area contributed by atoms with E-state index < -0.39 is 54.4 Å². The van der Waals surface area contributed by atoms with Crippen molar-refractivity contribution < 1.29 is 31.7 Å². The first-order chi connectivity index (χ1) is 20.4. The van der Waals surface area contributed by atoms with Gasteiger partial charge in [0.05, 0.1) is 16.9 Å². The zero-order chi connectivity index (χ0) is 34.1. The Hall–Kier alpha value is 0.311. The monoisotopic (exact) mass is 732 g/mol. The lowest BCUT2D eigenvalue weighted by Gasteiger charge is -2.54. The summed E-state index contributed by atoms with van der Waals surface area (Å²) in [5, 5.41) is 0. The summed E-state index contributed by atoms with van der Waals surface area (Å²) in [7, 11) is -12.9. The minimum atomic E-state index is -2.74. The largest absolute Gasteiger partial charge is 0.464 e. The Bertz CT molecular complexity index is 1000. The van der Waals surface area contributed by atoms with E-state index in [-0.39, 0.29) is 22.9 Å². The fourth-order valence-electron chi connectivity index (χ4n) is 8.18. The highest BCUT2D eigenvalue weighted by atomic mass is 29.6. The van der Waals surface area contributed by atoms with Gasteiger partial charge in [-0.15, -0.1) is 0 Å². The molecule has 13 heteroatoms. The maximum absolute atomic E-state index is 14.2. The van der Waals surface area contributed by atoms with Crippen LogP contribution in [0.5, 0.6) is 0 Å². The zero-order valence-corrected chi connectivity index (χ0v) is 37.6. The van der Waals surface area contributed by atoms with Gasteiger partial charge in [0.25, 0.3) is 8.32 Å². The molecule has 0 N–H and O–H groups in total. The molecule has 3 fully saturated rings. The van der Waals surface area contributed by atoms with Crippen molar-refractivity contribution >= 4 is 54.4 Å². The van der Waals surface area contributed by atoms with Crippen LogP contribution < -0.4 is 0 Å². The number of hydrogen-bond donors (Lipinski definition) is 0.